The van der Waals surface area contributed by atoms with E-state index in [1.165, 1.54) is 6.08 Å². The first kappa shape index (κ1) is 19.2. The Balaban J connectivity index is 1.79. The average molecular weight is 379 g/mol. The van der Waals surface area contributed by atoms with E-state index in [4.69, 9.17) is 27.9 Å². The number of nitrogens with one attached hydrogen (secondary N) is 1. The van der Waals surface area contributed by atoms with E-state index in [2.05, 4.69) is 11.3 Å². The third-order valence-electron chi connectivity index (χ3n) is 4.09. The summed E-state index contributed by atoms with van der Waals surface area (Å²) in [6, 6.07) is 0. The van der Waals surface area contributed by atoms with Gasteiger partial charge in [-0.2, -0.15) is 13.1 Å². The van der Waals surface area contributed by atoms with Crippen LogP contribution in [0, 0.1) is 0 Å². The Kier molecular flexibility index (Phi) is 4.79. The Labute approximate surface area is 147 Å². The number of rotatable bonds is 6. The van der Waals surface area contributed by atoms with E-state index >= 15 is 0 Å². The zero-order chi connectivity index (χ0) is 18.5. The largest absolute Gasteiger partial charge is 0.343 e. The molecule has 4 atom stereocenters. The molecule has 0 spiro atoms. The molecule has 0 saturated carbocycles. The Bertz CT molecular complexity index is 633. The molecule has 0 bridgehead atoms. The van der Waals surface area contributed by atoms with Crippen LogP contribution in [-0.4, -0.2) is 63.8 Å². The van der Waals surface area contributed by atoms with E-state index in [-0.39, 0.29) is 25.9 Å². The molecular weight excluding hydrogens is 354 g/mol. The van der Waals surface area contributed by atoms with Crippen molar-refractivity contribution in [2.24, 2.45) is 0 Å². The molecule has 3 saturated heterocycles. The number of hydrogen-bond donors (Lipinski definition) is 1. The third kappa shape index (κ3) is 3.91. The summed E-state index contributed by atoms with van der Waals surface area (Å²) < 4.78 is 60.6. The van der Waals surface area contributed by atoms with Crippen LogP contribution in [0.4, 0.5) is 0 Å². The highest BCUT2D eigenvalue weighted by molar-refractivity contribution is 7.84. The van der Waals surface area contributed by atoms with Gasteiger partial charge in [-0.15, -0.1) is 6.58 Å². The van der Waals surface area contributed by atoms with Gasteiger partial charge in [0.2, 0.25) is 5.79 Å². The number of hydrogen-bond acceptors (Lipinski definition) is 8. The Morgan fingerprint density at radius 3 is 2.60 bits per heavy atom. The lowest BCUT2D eigenvalue weighted by Gasteiger charge is -2.40. The summed E-state index contributed by atoms with van der Waals surface area (Å²) in [4.78, 5) is 0. The SMILES string of the molecule is C=CCNS(=O)(=O)OC[C@@]12OC[C@H]3OC(C)(C)O[C@H]3[C@@H]1OC(C)(C)O2. The van der Waals surface area contributed by atoms with Gasteiger partial charge in [0, 0.05) is 6.54 Å². The molecule has 0 aromatic carbocycles. The lowest BCUT2D eigenvalue weighted by atomic mass is 9.98. The predicted molar refractivity (Wildman–Crippen MR) is 85.6 cm³/mol. The van der Waals surface area contributed by atoms with Gasteiger partial charge in [-0.1, -0.05) is 6.08 Å². The number of fused-ring (bicyclic) bond motifs is 3. The highest BCUT2D eigenvalue weighted by Gasteiger charge is 2.65. The highest BCUT2D eigenvalue weighted by atomic mass is 32.2. The predicted octanol–water partition coefficient (Wildman–Crippen LogP) is 0.422. The number of ether oxygens (including phenoxy) is 5. The zero-order valence-electron chi connectivity index (χ0n) is 14.8. The molecule has 1 N–H and O–H groups in total. The van der Waals surface area contributed by atoms with Crippen LogP contribution in [0.1, 0.15) is 27.7 Å². The molecule has 0 aromatic heterocycles. The summed E-state index contributed by atoms with van der Waals surface area (Å²) in [5.74, 6) is -3.18. The van der Waals surface area contributed by atoms with E-state index in [0.717, 1.165) is 0 Å². The summed E-state index contributed by atoms with van der Waals surface area (Å²) in [5, 5.41) is 0. The maximum atomic E-state index is 11.9. The van der Waals surface area contributed by atoms with E-state index in [1.54, 1.807) is 27.7 Å². The quantitative estimate of drug-likeness (QED) is 0.663. The summed E-state index contributed by atoms with van der Waals surface area (Å²) >= 11 is 0. The molecule has 0 unspecified atom stereocenters. The fourth-order valence-corrected chi connectivity index (χ4v) is 4.03. The van der Waals surface area contributed by atoms with Crippen LogP contribution < -0.4 is 4.72 Å². The van der Waals surface area contributed by atoms with Gasteiger partial charge < -0.3 is 23.7 Å². The summed E-state index contributed by atoms with van der Waals surface area (Å²) in [6.07, 6.45) is -0.0787. The smallest absolute Gasteiger partial charge is 0.336 e. The first-order valence-electron chi connectivity index (χ1n) is 8.10. The van der Waals surface area contributed by atoms with Crippen LogP contribution in [0.15, 0.2) is 12.7 Å². The fraction of sp³-hybridized carbons (Fsp3) is 0.867. The van der Waals surface area contributed by atoms with E-state index < -0.39 is 39.9 Å². The van der Waals surface area contributed by atoms with Gasteiger partial charge >= 0.3 is 10.3 Å². The van der Waals surface area contributed by atoms with Crippen LogP contribution in [0.3, 0.4) is 0 Å². The summed E-state index contributed by atoms with van der Waals surface area (Å²) in [5.41, 5.74) is 0. The van der Waals surface area contributed by atoms with Gasteiger partial charge in [-0.05, 0) is 27.7 Å². The molecule has 3 heterocycles. The lowest BCUT2D eigenvalue weighted by Crippen LogP contribution is -2.60. The van der Waals surface area contributed by atoms with E-state index in [1.807, 2.05) is 0 Å². The van der Waals surface area contributed by atoms with Crippen LogP contribution in [0.5, 0.6) is 0 Å². The van der Waals surface area contributed by atoms with Crippen molar-refractivity contribution in [3.05, 3.63) is 12.7 Å². The molecule has 0 aromatic rings. The van der Waals surface area contributed by atoms with Gasteiger partial charge in [0.1, 0.15) is 24.9 Å². The monoisotopic (exact) mass is 379 g/mol. The third-order valence-corrected chi connectivity index (χ3v) is 5.04. The molecule has 25 heavy (non-hydrogen) atoms. The molecule has 10 heteroatoms. The molecule has 3 fully saturated rings. The van der Waals surface area contributed by atoms with Crippen molar-refractivity contribution in [1.82, 2.24) is 4.72 Å². The first-order valence-corrected chi connectivity index (χ1v) is 9.51. The molecule has 0 radical (unpaired) electrons. The highest BCUT2D eigenvalue weighted by Crippen LogP contribution is 2.47. The van der Waals surface area contributed by atoms with Gasteiger partial charge in [-0.25, -0.2) is 0 Å². The van der Waals surface area contributed by atoms with Crippen LogP contribution in [0.25, 0.3) is 0 Å². The lowest BCUT2D eigenvalue weighted by molar-refractivity contribution is -0.290. The zero-order valence-corrected chi connectivity index (χ0v) is 15.6. The van der Waals surface area contributed by atoms with Gasteiger partial charge in [0.15, 0.2) is 11.6 Å². The van der Waals surface area contributed by atoms with Crippen LogP contribution in [-0.2, 0) is 38.2 Å². The minimum Gasteiger partial charge on any atom is -0.343 e. The minimum atomic E-state index is -3.98. The van der Waals surface area contributed by atoms with Crippen molar-refractivity contribution in [3.63, 3.8) is 0 Å². The van der Waals surface area contributed by atoms with Crippen LogP contribution in [0.2, 0.25) is 0 Å². The topological polar surface area (TPSA) is 102 Å². The molecule has 0 amide bonds. The maximum Gasteiger partial charge on any atom is 0.336 e. The normalized spacial score (nSPS) is 39.0. The Morgan fingerprint density at radius 2 is 1.92 bits per heavy atom. The molecule has 3 rings (SSSR count). The first-order chi connectivity index (χ1) is 11.5. The van der Waals surface area contributed by atoms with Crippen molar-refractivity contribution in [1.29, 1.82) is 0 Å². The van der Waals surface area contributed by atoms with Crippen molar-refractivity contribution >= 4 is 10.3 Å². The molecular formula is C15H25NO8S. The van der Waals surface area contributed by atoms with Crippen molar-refractivity contribution in [2.75, 3.05) is 19.8 Å². The van der Waals surface area contributed by atoms with Gasteiger partial charge in [0.25, 0.3) is 0 Å². The molecule has 9 nitrogen and oxygen atoms in total. The minimum absolute atomic E-state index is 0.0539. The standard InChI is InChI=1S/C15H25NO8S/c1-6-7-16-25(17,18)20-9-15-12(23-14(4,5)24-15)11-10(8-19-15)21-13(2,3)22-11/h6,10-12,16H,1,7-9H2,2-5H3/t10-,11-,12+,15+/m1/s1. The fourth-order valence-electron chi connectivity index (χ4n) is 3.31. The molecule has 144 valence electrons. The molecule has 3 aliphatic rings. The second-order valence-corrected chi connectivity index (χ2v) is 8.59. The second-order valence-electron chi connectivity index (χ2n) is 7.16. The van der Waals surface area contributed by atoms with Crippen molar-refractivity contribution < 1.29 is 36.3 Å². The van der Waals surface area contributed by atoms with Crippen LogP contribution >= 0.6 is 0 Å². The summed E-state index contributed by atoms with van der Waals surface area (Å²) in [7, 11) is -3.98. The maximum absolute atomic E-state index is 11.9. The second kappa shape index (κ2) is 6.24. The molecule has 0 aliphatic carbocycles. The summed E-state index contributed by atoms with van der Waals surface area (Å²) in [6.45, 7) is 10.3. The van der Waals surface area contributed by atoms with Crippen molar-refractivity contribution in [3.8, 4) is 0 Å². The van der Waals surface area contributed by atoms with Gasteiger partial charge in [-0.3, -0.25) is 4.18 Å². The van der Waals surface area contributed by atoms with Crippen molar-refractivity contribution in [2.45, 2.75) is 63.4 Å². The Morgan fingerprint density at radius 1 is 1.20 bits per heavy atom. The van der Waals surface area contributed by atoms with E-state index in [0.29, 0.717) is 0 Å². The Hall–Kier alpha value is -0.590. The average Bonchev–Trinajstić information content (AvgIpc) is 2.95. The van der Waals surface area contributed by atoms with Gasteiger partial charge in [0.05, 0.1) is 6.61 Å². The van der Waals surface area contributed by atoms with E-state index in [9.17, 15) is 8.42 Å². The molecule has 3 aliphatic heterocycles.